The fourth-order valence-electron chi connectivity index (χ4n) is 1.30. The van der Waals surface area contributed by atoms with Gasteiger partial charge in [0.15, 0.2) is 5.82 Å². The number of hydrogen-bond acceptors (Lipinski definition) is 6. The van der Waals surface area contributed by atoms with E-state index in [-0.39, 0.29) is 5.91 Å². The Balaban J connectivity index is 2.48. The summed E-state index contributed by atoms with van der Waals surface area (Å²) in [5.41, 5.74) is 5.67. The Morgan fingerprint density at radius 2 is 2.22 bits per heavy atom. The van der Waals surface area contributed by atoms with Gasteiger partial charge in [-0.1, -0.05) is 0 Å². The second-order valence-electron chi connectivity index (χ2n) is 3.64. The van der Waals surface area contributed by atoms with Gasteiger partial charge in [-0.2, -0.15) is 0 Å². The van der Waals surface area contributed by atoms with Crippen molar-refractivity contribution in [2.45, 2.75) is 20.5 Å². The number of nitrogens with one attached hydrogen (secondary N) is 2. The molecule has 1 amide bonds. The van der Waals surface area contributed by atoms with Crippen LogP contribution in [0.3, 0.4) is 0 Å². The molecule has 1 heterocycles. The van der Waals surface area contributed by atoms with Crippen molar-refractivity contribution in [2.75, 3.05) is 30.7 Å². The van der Waals surface area contributed by atoms with E-state index in [0.717, 1.165) is 0 Å². The van der Waals surface area contributed by atoms with Gasteiger partial charge in [-0.25, -0.2) is 9.97 Å². The maximum absolute atomic E-state index is 10.7. The van der Waals surface area contributed by atoms with Crippen molar-refractivity contribution in [3.63, 3.8) is 0 Å². The number of nitrogens with two attached hydrogens (primary N) is 1. The third-order valence-corrected chi connectivity index (χ3v) is 2.03. The lowest BCUT2D eigenvalue weighted by Crippen LogP contribution is -2.26. The van der Waals surface area contributed by atoms with Crippen LogP contribution in [0.5, 0.6) is 0 Å². The number of carbonyl (C=O) groups excluding carboxylic acids is 1. The fourth-order valence-corrected chi connectivity index (χ4v) is 1.30. The van der Waals surface area contributed by atoms with Crippen LogP contribution in [0.15, 0.2) is 6.07 Å². The van der Waals surface area contributed by atoms with E-state index in [9.17, 15) is 4.79 Å². The number of amides is 1. The smallest absolute Gasteiger partial charge is 0.216 e. The summed E-state index contributed by atoms with van der Waals surface area (Å²) in [5.74, 6) is 1.50. The molecule has 0 radical (unpaired) electrons. The lowest BCUT2D eigenvalue weighted by atomic mass is 10.4. The van der Waals surface area contributed by atoms with E-state index in [0.29, 0.717) is 43.8 Å². The molecule has 7 heteroatoms. The van der Waals surface area contributed by atoms with Gasteiger partial charge in [-0.15, -0.1) is 0 Å². The first-order chi connectivity index (χ1) is 8.61. The minimum atomic E-state index is -0.0592. The highest BCUT2D eigenvalue weighted by molar-refractivity contribution is 5.72. The number of nitrogen functional groups attached to an aromatic ring is 1. The molecule has 1 aromatic heterocycles. The van der Waals surface area contributed by atoms with E-state index in [1.807, 2.05) is 6.92 Å². The summed E-state index contributed by atoms with van der Waals surface area (Å²) < 4.78 is 5.22. The summed E-state index contributed by atoms with van der Waals surface area (Å²) in [6.45, 7) is 5.41. The third kappa shape index (κ3) is 5.44. The van der Waals surface area contributed by atoms with Crippen molar-refractivity contribution >= 4 is 17.5 Å². The highest BCUT2D eigenvalue weighted by Gasteiger charge is 2.02. The summed E-state index contributed by atoms with van der Waals surface area (Å²) in [4.78, 5) is 19.0. The molecule has 1 aromatic rings. The first-order valence-electron chi connectivity index (χ1n) is 5.81. The first-order valence-corrected chi connectivity index (χ1v) is 5.81. The second kappa shape index (κ2) is 7.44. The topological polar surface area (TPSA) is 102 Å². The van der Waals surface area contributed by atoms with E-state index in [4.69, 9.17) is 10.5 Å². The summed E-state index contributed by atoms with van der Waals surface area (Å²) in [6.07, 6.45) is 0. The zero-order valence-corrected chi connectivity index (χ0v) is 10.7. The maximum atomic E-state index is 10.7. The number of aromatic nitrogens is 2. The minimum absolute atomic E-state index is 0.0592. The summed E-state index contributed by atoms with van der Waals surface area (Å²) >= 11 is 0. The lowest BCUT2D eigenvalue weighted by Gasteiger charge is -2.08. The molecule has 0 aliphatic rings. The first kappa shape index (κ1) is 14.2. The number of carbonyl (C=O) groups is 1. The predicted octanol–water partition coefficient (Wildman–Crippen LogP) is 0.143. The Bertz CT molecular complexity index is 397. The molecule has 0 atom stereocenters. The Morgan fingerprint density at radius 3 is 2.89 bits per heavy atom. The Morgan fingerprint density at radius 1 is 1.44 bits per heavy atom. The molecule has 0 aliphatic carbocycles. The average Bonchev–Trinajstić information content (AvgIpc) is 2.31. The number of rotatable bonds is 7. The van der Waals surface area contributed by atoms with Crippen LogP contribution in [0.1, 0.15) is 19.7 Å². The van der Waals surface area contributed by atoms with Gasteiger partial charge in [0.2, 0.25) is 5.91 Å². The molecule has 0 fully saturated rings. The van der Waals surface area contributed by atoms with Gasteiger partial charge in [0.25, 0.3) is 0 Å². The van der Waals surface area contributed by atoms with Crippen LogP contribution in [-0.2, 0) is 16.1 Å². The standard InChI is InChI=1S/C11H19N5O2/c1-3-18-7-11-15-9(12)6-10(16-11)14-5-4-13-8(2)17/h6H,3-5,7H2,1-2H3,(H,13,17)(H3,12,14,15,16). The van der Waals surface area contributed by atoms with Crippen LogP contribution in [0.25, 0.3) is 0 Å². The highest BCUT2D eigenvalue weighted by atomic mass is 16.5. The Hall–Kier alpha value is -1.89. The molecule has 0 saturated heterocycles. The number of ether oxygens (including phenoxy) is 1. The van der Waals surface area contributed by atoms with E-state index < -0.39 is 0 Å². The van der Waals surface area contributed by atoms with Crippen LogP contribution in [-0.4, -0.2) is 35.6 Å². The SMILES string of the molecule is CCOCc1nc(N)cc(NCCNC(C)=O)n1. The lowest BCUT2D eigenvalue weighted by molar-refractivity contribution is -0.118. The molecule has 0 aromatic carbocycles. The zero-order valence-electron chi connectivity index (χ0n) is 10.7. The number of hydrogen-bond donors (Lipinski definition) is 3. The van der Waals surface area contributed by atoms with Gasteiger partial charge in [-0.05, 0) is 6.92 Å². The van der Waals surface area contributed by atoms with Crippen molar-refractivity contribution in [3.05, 3.63) is 11.9 Å². The van der Waals surface area contributed by atoms with E-state index >= 15 is 0 Å². The van der Waals surface area contributed by atoms with Crippen LogP contribution in [0.2, 0.25) is 0 Å². The predicted molar refractivity (Wildman–Crippen MR) is 68.9 cm³/mol. The quantitative estimate of drug-likeness (QED) is 0.597. The van der Waals surface area contributed by atoms with Crippen LogP contribution in [0.4, 0.5) is 11.6 Å². The highest BCUT2D eigenvalue weighted by Crippen LogP contribution is 2.08. The van der Waals surface area contributed by atoms with Gasteiger partial charge >= 0.3 is 0 Å². The van der Waals surface area contributed by atoms with Gasteiger partial charge < -0.3 is 21.1 Å². The monoisotopic (exact) mass is 253 g/mol. The van der Waals surface area contributed by atoms with Crippen molar-refractivity contribution in [1.82, 2.24) is 15.3 Å². The zero-order chi connectivity index (χ0) is 13.4. The van der Waals surface area contributed by atoms with Crippen LogP contribution in [0, 0.1) is 0 Å². The molecule has 4 N–H and O–H groups in total. The van der Waals surface area contributed by atoms with Crippen molar-refractivity contribution in [2.24, 2.45) is 0 Å². The molecule has 18 heavy (non-hydrogen) atoms. The number of anilines is 2. The molecule has 0 spiro atoms. The molecule has 100 valence electrons. The minimum Gasteiger partial charge on any atom is -0.384 e. The van der Waals surface area contributed by atoms with Crippen LogP contribution < -0.4 is 16.4 Å². The average molecular weight is 253 g/mol. The van der Waals surface area contributed by atoms with Crippen LogP contribution >= 0.6 is 0 Å². The molecule has 0 aliphatic heterocycles. The van der Waals surface area contributed by atoms with Crippen molar-refractivity contribution in [3.8, 4) is 0 Å². The molecule has 7 nitrogen and oxygen atoms in total. The number of nitrogens with zero attached hydrogens (tertiary/aromatic N) is 2. The summed E-state index contributed by atoms with van der Waals surface area (Å²) in [5, 5.41) is 5.73. The summed E-state index contributed by atoms with van der Waals surface area (Å²) in [7, 11) is 0. The molecule has 0 saturated carbocycles. The maximum Gasteiger partial charge on any atom is 0.216 e. The van der Waals surface area contributed by atoms with E-state index in [1.165, 1.54) is 6.92 Å². The summed E-state index contributed by atoms with van der Waals surface area (Å²) in [6, 6.07) is 1.64. The van der Waals surface area contributed by atoms with Gasteiger partial charge in [-0.3, -0.25) is 4.79 Å². The van der Waals surface area contributed by atoms with Gasteiger partial charge in [0.1, 0.15) is 18.2 Å². The Kier molecular flexibility index (Phi) is 5.86. The molecule has 0 bridgehead atoms. The molecule has 0 unspecified atom stereocenters. The van der Waals surface area contributed by atoms with E-state index in [1.54, 1.807) is 6.07 Å². The fraction of sp³-hybridized carbons (Fsp3) is 0.545. The molecular weight excluding hydrogens is 234 g/mol. The van der Waals surface area contributed by atoms with Crippen molar-refractivity contribution in [1.29, 1.82) is 0 Å². The Labute approximate surface area is 106 Å². The normalized spacial score (nSPS) is 10.1. The largest absolute Gasteiger partial charge is 0.384 e. The molecular formula is C11H19N5O2. The second-order valence-corrected chi connectivity index (χ2v) is 3.64. The van der Waals surface area contributed by atoms with E-state index in [2.05, 4.69) is 20.6 Å². The van der Waals surface area contributed by atoms with Gasteiger partial charge in [0.05, 0.1) is 0 Å². The molecule has 1 rings (SSSR count). The van der Waals surface area contributed by atoms with Gasteiger partial charge in [0, 0.05) is 32.7 Å². The third-order valence-electron chi connectivity index (χ3n) is 2.03. The van der Waals surface area contributed by atoms with Crippen molar-refractivity contribution < 1.29 is 9.53 Å².